The van der Waals surface area contributed by atoms with Gasteiger partial charge in [0.15, 0.2) is 0 Å². The molecule has 1 aromatic carbocycles. The van der Waals surface area contributed by atoms with E-state index in [1.165, 1.54) is 17.3 Å². The van der Waals surface area contributed by atoms with Gasteiger partial charge in [0.05, 0.1) is 7.05 Å². The summed E-state index contributed by atoms with van der Waals surface area (Å²) < 4.78 is 45.4. The van der Waals surface area contributed by atoms with Crippen LogP contribution in [-0.2, 0) is 7.05 Å². The molecule has 0 saturated carbocycles. The number of rotatable bonds is 2. The largest absolute Gasteiger partial charge is 0.673 e. The molecule has 0 saturated heterocycles. The lowest BCUT2D eigenvalue weighted by Crippen LogP contribution is -2.24. The third-order valence-electron chi connectivity index (χ3n) is 2.08. The van der Waals surface area contributed by atoms with Gasteiger partial charge in [-0.2, -0.15) is 3.96 Å². The summed E-state index contributed by atoms with van der Waals surface area (Å²) in [5, 5.41) is 3.09. The van der Waals surface area contributed by atoms with Crippen molar-refractivity contribution in [3.05, 3.63) is 30.3 Å². The van der Waals surface area contributed by atoms with E-state index in [9.17, 15) is 17.3 Å². The Hall–Kier alpha value is -1.64. The predicted octanol–water partition coefficient (Wildman–Crippen LogP) is 2.98. The van der Waals surface area contributed by atoms with Crippen LogP contribution in [0, 0.1) is 0 Å². The van der Waals surface area contributed by atoms with Crippen molar-refractivity contribution in [2.24, 2.45) is 7.05 Å². The van der Waals surface area contributed by atoms with E-state index in [1.807, 2.05) is 32.3 Å². The van der Waals surface area contributed by atoms with E-state index >= 15 is 0 Å². The molecular formula is C10H12BF4N3S. The first-order chi connectivity index (χ1) is 8.83. The molecule has 19 heavy (non-hydrogen) atoms. The van der Waals surface area contributed by atoms with Crippen molar-refractivity contribution in [2.75, 3.05) is 12.4 Å². The summed E-state index contributed by atoms with van der Waals surface area (Å²) in [4.78, 5) is 0. The fourth-order valence-electron chi connectivity index (χ4n) is 1.41. The minimum atomic E-state index is -6.00. The Balaban J connectivity index is 0.000000312. The van der Waals surface area contributed by atoms with Gasteiger partial charge in [-0.25, -0.2) is 0 Å². The van der Waals surface area contributed by atoms with Gasteiger partial charge in [0.2, 0.25) is 5.69 Å². The number of aromatic nitrogens is 2. The maximum absolute atomic E-state index is 9.75. The Bertz CT molecular complexity index is 509. The van der Waals surface area contributed by atoms with Crippen molar-refractivity contribution < 1.29 is 21.2 Å². The number of hydrogen-bond donors (Lipinski definition) is 1. The first-order valence-electron chi connectivity index (χ1n) is 5.29. The van der Waals surface area contributed by atoms with Crippen LogP contribution in [0.15, 0.2) is 30.3 Å². The highest BCUT2D eigenvalue weighted by atomic mass is 32.1. The van der Waals surface area contributed by atoms with E-state index in [2.05, 4.69) is 25.8 Å². The summed E-state index contributed by atoms with van der Waals surface area (Å²) in [6, 6.07) is 10.3. The van der Waals surface area contributed by atoms with Gasteiger partial charge in [0.1, 0.15) is 0 Å². The molecule has 9 heteroatoms. The van der Waals surface area contributed by atoms with Crippen LogP contribution in [0.3, 0.4) is 0 Å². The molecule has 0 unspecified atom stereocenters. The second kappa shape index (κ2) is 6.51. The molecule has 2 aromatic rings. The van der Waals surface area contributed by atoms with Gasteiger partial charge in [-0.15, -0.1) is 0 Å². The summed E-state index contributed by atoms with van der Waals surface area (Å²) in [7, 11) is -2.09. The molecule has 2 rings (SSSR count). The molecule has 0 bridgehead atoms. The molecule has 1 N–H and O–H groups in total. The standard InChI is InChI=1S/C10H12N3S.BF4/c1-11-10-9(13(2)14-12-10)8-6-4-3-5-7-8;2-1(3,4)5/h3-7H,1-2H3,(H,11,12);/q+1;-1. The molecule has 0 aliphatic carbocycles. The molecule has 0 fully saturated rings. The SMILES string of the molecule is CNc1ns[n+](C)c1-c1ccccc1.F[B-](F)(F)F. The number of benzene rings is 1. The lowest BCUT2D eigenvalue weighted by molar-refractivity contribution is -0.589. The summed E-state index contributed by atoms with van der Waals surface area (Å²) in [5.41, 5.74) is 2.33. The van der Waals surface area contributed by atoms with Crippen LogP contribution >= 0.6 is 11.7 Å². The fourth-order valence-corrected chi connectivity index (χ4v) is 2.07. The number of anilines is 1. The van der Waals surface area contributed by atoms with Gasteiger partial charge in [-0.3, -0.25) is 0 Å². The molecule has 0 aliphatic heterocycles. The van der Waals surface area contributed by atoms with Gasteiger partial charge in [0, 0.05) is 17.0 Å². The van der Waals surface area contributed by atoms with E-state index in [0.717, 1.165) is 11.5 Å². The average Bonchev–Trinajstić information content (AvgIpc) is 2.69. The summed E-state index contributed by atoms with van der Waals surface area (Å²) in [6.45, 7) is 0. The van der Waals surface area contributed by atoms with E-state index in [1.54, 1.807) is 0 Å². The monoisotopic (exact) mass is 293 g/mol. The summed E-state index contributed by atoms with van der Waals surface area (Å²) in [6.07, 6.45) is 0. The van der Waals surface area contributed by atoms with E-state index < -0.39 is 7.25 Å². The van der Waals surface area contributed by atoms with Crippen LogP contribution < -0.4 is 9.27 Å². The normalized spacial score (nSPS) is 10.6. The van der Waals surface area contributed by atoms with E-state index in [4.69, 9.17) is 0 Å². The molecule has 104 valence electrons. The van der Waals surface area contributed by atoms with Gasteiger partial charge >= 0.3 is 13.1 Å². The van der Waals surface area contributed by atoms with Gasteiger partial charge in [0.25, 0.3) is 11.7 Å². The average molecular weight is 293 g/mol. The molecule has 0 spiro atoms. The van der Waals surface area contributed by atoms with Crippen molar-refractivity contribution >= 4 is 24.8 Å². The van der Waals surface area contributed by atoms with E-state index in [-0.39, 0.29) is 0 Å². The third-order valence-corrected chi connectivity index (χ3v) is 2.77. The quantitative estimate of drug-likeness (QED) is 0.524. The molecule has 3 nitrogen and oxygen atoms in total. The van der Waals surface area contributed by atoms with Crippen LogP contribution in [0.1, 0.15) is 0 Å². The summed E-state index contributed by atoms with van der Waals surface area (Å²) in [5.74, 6) is 0.934. The second-order valence-corrected chi connectivity index (χ2v) is 4.37. The number of nitrogens with one attached hydrogen (secondary N) is 1. The Kier molecular flexibility index (Phi) is 5.28. The predicted molar refractivity (Wildman–Crippen MR) is 68.5 cm³/mol. The van der Waals surface area contributed by atoms with Crippen LogP contribution in [0.5, 0.6) is 0 Å². The van der Waals surface area contributed by atoms with Crippen LogP contribution in [-0.4, -0.2) is 18.7 Å². The maximum atomic E-state index is 9.75. The Morgan fingerprint density at radius 2 is 1.68 bits per heavy atom. The Morgan fingerprint density at radius 3 is 2.16 bits per heavy atom. The Morgan fingerprint density at radius 1 is 1.16 bits per heavy atom. The molecule has 0 atom stereocenters. The Labute approximate surface area is 112 Å². The fraction of sp³-hybridized carbons (Fsp3) is 0.200. The molecule has 1 aromatic heterocycles. The third kappa shape index (κ3) is 5.25. The minimum Gasteiger partial charge on any atom is -0.418 e. The highest BCUT2D eigenvalue weighted by molar-refractivity contribution is 6.95. The summed E-state index contributed by atoms with van der Waals surface area (Å²) >= 11 is 1.45. The molecule has 0 radical (unpaired) electrons. The van der Waals surface area contributed by atoms with Crippen LogP contribution in [0.4, 0.5) is 23.1 Å². The van der Waals surface area contributed by atoms with Gasteiger partial charge in [-0.1, -0.05) is 30.3 Å². The minimum absolute atomic E-state index is 0.934. The second-order valence-electron chi connectivity index (χ2n) is 3.48. The number of nitrogens with zero attached hydrogens (tertiary/aromatic N) is 2. The zero-order valence-electron chi connectivity index (χ0n) is 10.3. The maximum Gasteiger partial charge on any atom is 0.673 e. The van der Waals surface area contributed by atoms with Crippen molar-refractivity contribution in [1.82, 2.24) is 4.37 Å². The van der Waals surface area contributed by atoms with Crippen LogP contribution in [0.2, 0.25) is 0 Å². The molecule has 0 amide bonds. The first kappa shape index (κ1) is 15.4. The molecular weight excluding hydrogens is 281 g/mol. The first-order valence-corrected chi connectivity index (χ1v) is 6.02. The molecule has 0 aliphatic rings. The molecule has 1 heterocycles. The lowest BCUT2D eigenvalue weighted by atomic mass is 10.1. The van der Waals surface area contributed by atoms with Crippen molar-refractivity contribution in [1.29, 1.82) is 0 Å². The highest BCUT2D eigenvalue weighted by Crippen LogP contribution is 2.22. The highest BCUT2D eigenvalue weighted by Gasteiger charge is 2.20. The lowest BCUT2D eigenvalue weighted by Gasteiger charge is -1.96. The van der Waals surface area contributed by atoms with Crippen molar-refractivity contribution in [3.8, 4) is 11.3 Å². The zero-order chi connectivity index (χ0) is 14.5. The zero-order valence-corrected chi connectivity index (χ0v) is 11.1. The number of halogens is 4. The van der Waals surface area contributed by atoms with Crippen LogP contribution in [0.25, 0.3) is 11.3 Å². The van der Waals surface area contributed by atoms with E-state index in [0.29, 0.717) is 0 Å². The smallest absolute Gasteiger partial charge is 0.418 e. The number of aryl methyl sites for hydroxylation is 1. The van der Waals surface area contributed by atoms with Crippen molar-refractivity contribution in [3.63, 3.8) is 0 Å². The number of hydrogen-bond acceptors (Lipinski definition) is 3. The van der Waals surface area contributed by atoms with Crippen molar-refractivity contribution in [2.45, 2.75) is 0 Å². The van der Waals surface area contributed by atoms with Gasteiger partial charge in [-0.05, 0) is 0 Å². The van der Waals surface area contributed by atoms with Gasteiger partial charge < -0.3 is 22.6 Å². The topological polar surface area (TPSA) is 28.8 Å².